The molecule has 0 spiro atoms. The van der Waals surface area contributed by atoms with Gasteiger partial charge in [0.25, 0.3) is 5.91 Å². The molecule has 37 heavy (non-hydrogen) atoms. The molecule has 7 heteroatoms. The molecule has 1 aliphatic rings. The van der Waals surface area contributed by atoms with E-state index in [1.807, 2.05) is 62.4 Å². The third kappa shape index (κ3) is 5.26. The van der Waals surface area contributed by atoms with Gasteiger partial charge < -0.3 is 15.7 Å². The fourth-order valence-corrected chi connectivity index (χ4v) is 4.61. The minimum atomic E-state index is -0.295. The van der Waals surface area contributed by atoms with Crippen LogP contribution in [-0.4, -0.2) is 26.8 Å². The number of aryl methyl sites for hydroxylation is 2. The maximum Gasteiger partial charge on any atom is 0.342 e. The lowest BCUT2D eigenvalue weighted by Gasteiger charge is -2.25. The minimum Gasteiger partial charge on any atom is -0.507 e. The van der Waals surface area contributed by atoms with Crippen LogP contribution in [0.5, 0.6) is 5.75 Å². The summed E-state index contributed by atoms with van der Waals surface area (Å²) >= 11 is 0. The van der Waals surface area contributed by atoms with Gasteiger partial charge in [-0.05, 0) is 62.1 Å². The summed E-state index contributed by atoms with van der Waals surface area (Å²) in [5, 5.41) is 21.2. The number of rotatable bonds is 6. The van der Waals surface area contributed by atoms with Crippen molar-refractivity contribution in [3.8, 4) is 17.0 Å². The molecule has 4 aromatic rings. The lowest BCUT2D eigenvalue weighted by Crippen LogP contribution is -2.31. The number of phenols is 1. The summed E-state index contributed by atoms with van der Waals surface area (Å²) in [6, 6.07) is 21.9. The van der Waals surface area contributed by atoms with Crippen molar-refractivity contribution in [2.45, 2.75) is 45.6 Å². The Kier molecular flexibility index (Phi) is 6.77. The summed E-state index contributed by atoms with van der Waals surface area (Å²) in [6.45, 7) is 4.30. The molecule has 0 bridgehead atoms. The van der Waals surface area contributed by atoms with Crippen molar-refractivity contribution in [3.63, 3.8) is 0 Å². The maximum absolute atomic E-state index is 13.1. The first kappa shape index (κ1) is 24.3. The zero-order valence-electron chi connectivity index (χ0n) is 21.0. The highest BCUT2D eigenvalue weighted by Crippen LogP contribution is 2.39. The number of anilines is 1. The molecule has 0 saturated heterocycles. The number of hydrogen-bond donors (Lipinski definition) is 3. The third-order valence-electron chi connectivity index (χ3n) is 6.90. The smallest absolute Gasteiger partial charge is 0.342 e. The van der Waals surface area contributed by atoms with Gasteiger partial charge in [-0.1, -0.05) is 54.4 Å². The number of phenolic OH excluding ortho intramolecular Hbond substituents is 1. The average molecular weight is 495 g/mol. The normalized spacial score (nSPS) is 13.1. The number of benzene rings is 3. The van der Waals surface area contributed by atoms with Gasteiger partial charge in [-0.3, -0.25) is 4.79 Å². The minimum absolute atomic E-state index is 0.0208. The van der Waals surface area contributed by atoms with Crippen molar-refractivity contribution in [2.24, 2.45) is 0 Å². The van der Waals surface area contributed by atoms with Crippen LogP contribution in [0.4, 0.5) is 10.5 Å². The highest BCUT2D eigenvalue weighted by molar-refractivity contribution is 6.05. The van der Waals surface area contributed by atoms with E-state index in [-0.39, 0.29) is 23.6 Å². The van der Waals surface area contributed by atoms with Gasteiger partial charge in [-0.2, -0.15) is 9.78 Å². The molecule has 0 aliphatic heterocycles. The lowest BCUT2D eigenvalue weighted by molar-refractivity contribution is 0.102. The number of amides is 2. The Morgan fingerprint density at radius 2 is 1.81 bits per heavy atom. The molecule has 5 rings (SSSR count). The number of hydrogen-bond acceptors (Lipinski definition) is 4. The summed E-state index contributed by atoms with van der Waals surface area (Å²) < 4.78 is 1.43. The van der Waals surface area contributed by atoms with E-state index in [4.69, 9.17) is 0 Å². The Hall–Kier alpha value is -4.39. The van der Waals surface area contributed by atoms with Crippen LogP contribution < -0.4 is 10.6 Å². The molecule has 3 aromatic carbocycles. The second-order valence-corrected chi connectivity index (χ2v) is 9.64. The van der Waals surface area contributed by atoms with Gasteiger partial charge in [-0.15, -0.1) is 0 Å². The maximum atomic E-state index is 13.1. The van der Waals surface area contributed by atoms with E-state index >= 15 is 0 Å². The molecule has 1 heterocycles. The van der Waals surface area contributed by atoms with Crippen LogP contribution in [0.3, 0.4) is 0 Å². The van der Waals surface area contributed by atoms with E-state index in [1.54, 1.807) is 18.2 Å². The zero-order valence-corrected chi connectivity index (χ0v) is 21.0. The van der Waals surface area contributed by atoms with Crippen LogP contribution in [0.15, 0.2) is 72.8 Å². The average Bonchev–Trinajstić information content (AvgIpc) is 3.26. The van der Waals surface area contributed by atoms with Crippen LogP contribution in [-0.2, 0) is 6.54 Å². The number of nitrogens with zero attached hydrogens (tertiary/aromatic N) is 2. The van der Waals surface area contributed by atoms with Crippen molar-refractivity contribution in [3.05, 3.63) is 101 Å². The number of carbonyl (C=O) groups is 2. The van der Waals surface area contributed by atoms with Crippen LogP contribution in [0.2, 0.25) is 0 Å². The third-order valence-corrected chi connectivity index (χ3v) is 6.90. The van der Waals surface area contributed by atoms with Crippen LogP contribution >= 0.6 is 0 Å². The fourth-order valence-electron chi connectivity index (χ4n) is 4.61. The highest BCUT2D eigenvalue weighted by atomic mass is 16.3. The zero-order chi connectivity index (χ0) is 25.9. The topological polar surface area (TPSA) is 96.3 Å². The van der Waals surface area contributed by atoms with Gasteiger partial charge >= 0.3 is 6.03 Å². The predicted molar refractivity (Wildman–Crippen MR) is 144 cm³/mol. The summed E-state index contributed by atoms with van der Waals surface area (Å²) in [5.74, 6) is 0.000395. The number of aromatic nitrogens is 2. The Labute approximate surface area is 216 Å². The Balaban J connectivity index is 1.36. The highest BCUT2D eigenvalue weighted by Gasteiger charge is 2.27. The van der Waals surface area contributed by atoms with Crippen molar-refractivity contribution in [1.82, 2.24) is 15.1 Å². The van der Waals surface area contributed by atoms with E-state index in [0.29, 0.717) is 29.1 Å². The molecule has 1 aliphatic carbocycles. The molecular weight excluding hydrogens is 464 g/mol. The molecule has 7 nitrogen and oxygen atoms in total. The number of nitrogens with one attached hydrogen (secondary N) is 2. The first-order valence-corrected chi connectivity index (χ1v) is 12.5. The first-order valence-electron chi connectivity index (χ1n) is 12.5. The van der Waals surface area contributed by atoms with Gasteiger partial charge in [-0.25, -0.2) is 4.79 Å². The Morgan fingerprint density at radius 1 is 1.00 bits per heavy atom. The lowest BCUT2D eigenvalue weighted by atomic mass is 9.82. The van der Waals surface area contributed by atoms with E-state index in [1.165, 1.54) is 10.7 Å². The van der Waals surface area contributed by atoms with Gasteiger partial charge in [0.05, 0.1) is 11.4 Å². The molecule has 0 atom stereocenters. The van der Waals surface area contributed by atoms with Gasteiger partial charge in [0.1, 0.15) is 5.75 Å². The summed E-state index contributed by atoms with van der Waals surface area (Å²) in [4.78, 5) is 25.8. The molecule has 1 saturated carbocycles. The molecule has 2 amide bonds. The monoisotopic (exact) mass is 494 g/mol. The number of aromatic hydroxyl groups is 1. The molecular formula is C30H30N4O3. The second-order valence-electron chi connectivity index (χ2n) is 9.64. The van der Waals surface area contributed by atoms with Crippen LogP contribution in [0.1, 0.15) is 57.9 Å². The molecule has 0 unspecified atom stereocenters. The standard InChI is InChI=1S/C30H30N4O3/c1-19-7-5-9-21(15-19)18-31-30(37)34-27(22-10-6-11-22)17-26(33-34)25-14-13-23(16-28(25)35)32-29(36)24-12-4-3-8-20(24)2/h3-5,7-9,12-17,22,35H,6,10-11,18H2,1-2H3,(H,31,37)(H,32,36). The quantitative estimate of drug-likeness (QED) is 0.300. The summed E-state index contributed by atoms with van der Waals surface area (Å²) in [7, 11) is 0. The summed E-state index contributed by atoms with van der Waals surface area (Å²) in [6.07, 6.45) is 3.13. The van der Waals surface area contributed by atoms with E-state index in [9.17, 15) is 14.7 Å². The van der Waals surface area contributed by atoms with E-state index < -0.39 is 0 Å². The Bertz CT molecular complexity index is 1470. The molecule has 188 valence electrons. The van der Waals surface area contributed by atoms with Gasteiger partial charge in [0.15, 0.2) is 0 Å². The van der Waals surface area contributed by atoms with Gasteiger partial charge in [0, 0.05) is 35.3 Å². The fraction of sp³-hybridized carbons (Fsp3) is 0.233. The van der Waals surface area contributed by atoms with E-state index in [0.717, 1.165) is 41.6 Å². The molecule has 0 radical (unpaired) electrons. The molecule has 1 aromatic heterocycles. The summed E-state index contributed by atoms with van der Waals surface area (Å²) in [5.41, 5.74) is 5.94. The van der Waals surface area contributed by atoms with Crippen molar-refractivity contribution < 1.29 is 14.7 Å². The first-order chi connectivity index (χ1) is 17.9. The van der Waals surface area contributed by atoms with Gasteiger partial charge in [0.2, 0.25) is 0 Å². The SMILES string of the molecule is Cc1cccc(CNC(=O)n2nc(-c3ccc(NC(=O)c4ccccc4C)cc3O)cc2C2CCC2)c1. The predicted octanol–water partition coefficient (Wildman–Crippen LogP) is 6.15. The molecule has 1 fully saturated rings. The van der Waals surface area contributed by atoms with Crippen molar-refractivity contribution >= 4 is 17.6 Å². The number of carbonyl (C=O) groups excluding carboxylic acids is 2. The van der Waals surface area contributed by atoms with E-state index in [2.05, 4.69) is 15.7 Å². The Morgan fingerprint density at radius 3 is 2.51 bits per heavy atom. The van der Waals surface area contributed by atoms with Crippen LogP contribution in [0, 0.1) is 13.8 Å². The molecule has 3 N–H and O–H groups in total. The van der Waals surface area contributed by atoms with Crippen molar-refractivity contribution in [1.29, 1.82) is 0 Å². The van der Waals surface area contributed by atoms with Crippen molar-refractivity contribution in [2.75, 3.05) is 5.32 Å². The second kappa shape index (κ2) is 10.3. The van der Waals surface area contributed by atoms with Crippen LogP contribution in [0.25, 0.3) is 11.3 Å². The largest absolute Gasteiger partial charge is 0.507 e.